The minimum absolute atomic E-state index is 0.0417. The van der Waals surface area contributed by atoms with Crippen LogP contribution in [-0.2, 0) is 20.4 Å². The van der Waals surface area contributed by atoms with Crippen LogP contribution in [-0.4, -0.2) is 25.2 Å². The summed E-state index contributed by atoms with van der Waals surface area (Å²) in [7, 11) is -3.73. The van der Waals surface area contributed by atoms with Gasteiger partial charge in [-0.15, -0.1) is 0 Å². The number of carboxylic acids is 1. The Hall–Kier alpha value is -1.94. The molecule has 0 fully saturated rings. The second-order valence-corrected chi connectivity index (χ2v) is 6.32. The number of nitriles is 1. The van der Waals surface area contributed by atoms with Crippen molar-refractivity contribution in [1.82, 2.24) is 0 Å². The molecule has 1 atom stereocenters. The fraction of sp³-hybridized carbons (Fsp3) is 0.333. The lowest BCUT2D eigenvalue weighted by molar-refractivity contribution is -0.140. The van der Waals surface area contributed by atoms with Crippen molar-refractivity contribution in [2.45, 2.75) is 12.7 Å². The van der Waals surface area contributed by atoms with Gasteiger partial charge in [0, 0.05) is 0 Å². The van der Waals surface area contributed by atoms with E-state index in [1.165, 1.54) is 13.0 Å². The Bertz CT molecular complexity index is 634. The second-order valence-electron chi connectivity index (χ2n) is 4.21. The largest absolute Gasteiger partial charge is 0.481 e. The molecule has 5 nitrogen and oxygen atoms in total. The zero-order valence-electron chi connectivity index (χ0n) is 10.1. The third-order valence-electron chi connectivity index (χ3n) is 2.49. The number of carboxylic acid groups (broad SMARTS) is 1. The molecule has 1 N–H and O–H groups in total. The molecule has 0 aliphatic rings. The van der Waals surface area contributed by atoms with Crippen LogP contribution in [0.2, 0.25) is 0 Å². The van der Waals surface area contributed by atoms with Crippen LogP contribution in [0.5, 0.6) is 0 Å². The zero-order valence-corrected chi connectivity index (χ0v) is 10.9. The van der Waals surface area contributed by atoms with Gasteiger partial charge in [-0.2, -0.15) is 5.26 Å². The standard InChI is InChI=1S/C12H12FNO4S/c1-8(12(15)16)6-19(17,18)7-10-4-11(13)3-2-9(10)5-14/h2-4,8H,6-7H2,1H3,(H,15,16). The van der Waals surface area contributed by atoms with E-state index < -0.39 is 39.0 Å². The van der Waals surface area contributed by atoms with Crippen LogP contribution in [0.4, 0.5) is 4.39 Å². The Labute approximate surface area is 110 Å². The summed E-state index contributed by atoms with van der Waals surface area (Å²) in [6, 6.07) is 5.01. The van der Waals surface area contributed by atoms with E-state index in [2.05, 4.69) is 0 Å². The van der Waals surface area contributed by atoms with Crippen LogP contribution in [0.3, 0.4) is 0 Å². The van der Waals surface area contributed by atoms with Gasteiger partial charge in [0.05, 0.1) is 29.1 Å². The summed E-state index contributed by atoms with van der Waals surface area (Å²) < 4.78 is 36.6. The fourth-order valence-corrected chi connectivity index (χ4v) is 3.27. The summed E-state index contributed by atoms with van der Waals surface area (Å²) in [5.74, 6) is -4.02. The molecule has 1 unspecified atom stereocenters. The molecule has 0 saturated heterocycles. The molecular formula is C12H12FNO4S. The number of halogens is 1. The van der Waals surface area contributed by atoms with Crippen LogP contribution < -0.4 is 0 Å². The number of hydrogen-bond donors (Lipinski definition) is 1. The van der Waals surface area contributed by atoms with Gasteiger partial charge >= 0.3 is 5.97 Å². The zero-order chi connectivity index (χ0) is 14.6. The third-order valence-corrected chi connectivity index (χ3v) is 4.25. The van der Waals surface area contributed by atoms with E-state index >= 15 is 0 Å². The molecule has 0 radical (unpaired) electrons. The van der Waals surface area contributed by atoms with Gasteiger partial charge in [0.25, 0.3) is 0 Å². The first-order valence-corrected chi connectivity index (χ1v) is 7.19. The first-order chi connectivity index (χ1) is 8.75. The lowest BCUT2D eigenvalue weighted by atomic mass is 10.1. The molecule has 0 aromatic heterocycles. The second kappa shape index (κ2) is 5.80. The monoisotopic (exact) mass is 285 g/mol. The van der Waals surface area contributed by atoms with Gasteiger partial charge in [0.2, 0.25) is 0 Å². The topological polar surface area (TPSA) is 95.2 Å². The molecule has 0 bridgehead atoms. The molecule has 0 aliphatic carbocycles. The number of aliphatic carboxylic acids is 1. The summed E-state index contributed by atoms with van der Waals surface area (Å²) in [6.07, 6.45) is 0. The number of sulfone groups is 1. The maximum absolute atomic E-state index is 13.1. The van der Waals surface area contributed by atoms with E-state index in [1.807, 2.05) is 0 Å². The number of hydrogen-bond acceptors (Lipinski definition) is 4. The molecule has 1 rings (SSSR count). The van der Waals surface area contributed by atoms with Gasteiger partial charge in [-0.3, -0.25) is 4.79 Å². The Kier molecular flexibility index (Phi) is 4.62. The van der Waals surface area contributed by atoms with Gasteiger partial charge in [0.15, 0.2) is 9.84 Å². The molecular weight excluding hydrogens is 273 g/mol. The molecule has 0 amide bonds. The maximum atomic E-state index is 13.1. The molecule has 7 heteroatoms. The molecule has 1 aromatic rings. The Morgan fingerprint density at radius 1 is 1.53 bits per heavy atom. The van der Waals surface area contributed by atoms with Crippen LogP contribution >= 0.6 is 0 Å². The molecule has 1 aromatic carbocycles. The van der Waals surface area contributed by atoms with Crippen LogP contribution in [0, 0.1) is 23.1 Å². The summed E-state index contributed by atoms with van der Waals surface area (Å²) in [4.78, 5) is 10.6. The van der Waals surface area contributed by atoms with Crippen LogP contribution in [0.25, 0.3) is 0 Å². The quantitative estimate of drug-likeness (QED) is 0.880. The predicted octanol–water partition coefficient (Wildman–Crippen LogP) is 1.33. The van der Waals surface area contributed by atoms with Crippen molar-refractivity contribution < 1.29 is 22.7 Å². The maximum Gasteiger partial charge on any atom is 0.307 e. The minimum atomic E-state index is -3.73. The van der Waals surface area contributed by atoms with E-state index in [0.717, 1.165) is 12.1 Å². The summed E-state index contributed by atoms with van der Waals surface area (Å²) in [5, 5.41) is 17.5. The molecule has 0 spiro atoms. The summed E-state index contributed by atoms with van der Waals surface area (Å²) >= 11 is 0. The van der Waals surface area contributed by atoms with Crippen molar-refractivity contribution in [3.63, 3.8) is 0 Å². The molecule has 0 saturated carbocycles. The highest BCUT2D eigenvalue weighted by atomic mass is 32.2. The van der Waals surface area contributed by atoms with E-state index in [1.54, 1.807) is 6.07 Å². The van der Waals surface area contributed by atoms with Gasteiger partial charge in [-0.05, 0) is 23.8 Å². The Morgan fingerprint density at radius 2 is 2.16 bits per heavy atom. The third kappa shape index (κ3) is 4.34. The first-order valence-electron chi connectivity index (χ1n) is 5.37. The van der Waals surface area contributed by atoms with Crippen LogP contribution in [0.1, 0.15) is 18.1 Å². The van der Waals surface area contributed by atoms with Crippen molar-refractivity contribution in [1.29, 1.82) is 5.26 Å². The minimum Gasteiger partial charge on any atom is -0.481 e. The molecule has 0 aliphatic heterocycles. The first kappa shape index (κ1) is 15.1. The van der Waals surface area contributed by atoms with E-state index in [0.29, 0.717) is 0 Å². The summed E-state index contributed by atoms with van der Waals surface area (Å²) in [6.45, 7) is 1.27. The average molecular weight is 285 g/mol. The normalized spacial score (nSPS) is 12.7. The van der Waals surface area contributed by atoms with Gasteiger partial charge in [-0.25, -0.2) is 12.8 Å². The number of carbonyl (C=O) groups is 1. The molecule has 102 valence electrons. The lowest BCUT2D eigenvalue weighted by Gasteiger charge is -2.09. The van der Waals surface area contributed by atoms with Crippen molar-refractivity contribution in [3.8, 4) is 6.07 Å². The predicted molar refractivity (Wildman–Crippen MR) is 65.4 cm³/mol. The van der Waals surface area contributed by atoms with Crippen molar-refractivity contribution >= 4 is 15.8 Å². The fourth-order valence-electron chi connectivity index (χ4n) is 1.54. The lowest BCUT2D eigenvalue weighted by Crippen LogP contribution is -2.22. The highest BCUT2D eigenvalue weighted by molar-refractivity contribution is 7.90. The Balaban J connectivity index is 2.99. The van der Waals surface area contributed by atoms with Crippen molar-refractivity contribution in [2.24, 2.45) is 5.92 Å². The SMILES string of the molecule is CC(CS(=O)(=O)Cc1cc(F)ccc1C#N)C(=O)O. The number of benzene rings is 1. The average Bonchev–Trinajstić information content (AvgIpc) is 2.27. The van der Waals surface area contributed by atoms with Gasteiger partial charge in [-0.1, -0.05) is 6.92 Å². The number of rotatable bonds is 5. The van der Waals surface area contributed by atoms with Gasteiger partial charge < -0.3 is 5.11 Å². The van der Waals surface area contributed by atoms with Crippen molar-refractivity contribution in [3.05, 3.63) is 35.1 Å². The Morgan fingerprint density at radius 3 is 2.68 bits per heavy atom. The molecule has 0 heterocycles. The summed E-state index contributed by atoms with van der Waals surface area (Å²) in [5.41, 5.74) is 0.105. The highest BCUT2D eigenvalue weighted by Crippen LogP contribution is 2.16. The van der Waals surface area contributed by atoms with E-state index in [9.17, 15) is 17.6 Å². The van der Waals surface area contributed by atoms with Crippen LogP contribution in [0.15, 0.2) is 18.2 Å². The highest BCUT2D eigenvalue weighted by Gasteiger charge is 2.22. The number of nitrogens with zero attached hydrogens (tertiary/aromatic N) is 1. The van der Waals surface area contributed by atoms with E-state index in [4.69, 9.17) is 10.4 Å². The van der Waals surface area contributed by atoms with E-state index in [-0.39, 0.29) is 11.1 Å². The van der Waals surface area contributed by atoms with Crippen molar-refractivity contribution in [2.75, 3.05) is 5.75 Å². The smallest absolute Gasteiger partial charge is 0.307 e. The van der Waals surface area contributed by atoms with Gasteiger partial charge in [0.1, 0.15) is 5.82 Å². The molecule has 19 heavy (non-hydrogen) atoms.